The molecule has 92 valence electrons. The zero-order valence-corrected chi connectivity index (χ0v) is 8.09. The maximum atomic E-state index is 11.7. The van der Waals surface area contributed by atoms with Gasteiger partial charge in [-0.15, -0.1) is 0 Å². The van der Waals surface area contributed by atoms with Gasteiger partial charge in [-0.1, -0.05) is 0 Å². The summed E-state index contributed by atoms with van der Waals surface area (Å²) in [5.41, 5.74) is 0. The van der Waals surface area contributed by atoms with Crippen molar-refractivity contribution in [1.82, 2.24) is 10.6 Å². The molecule has 0 aromatic heterocycles. The number of hydrogen-bond donors (Lipinski definition) is 3. The minimum atomic E-state index is -5.08. The van der Waals surface area contributed by atoms with Crippen LogP contribution in [0.3, 0.4) is 0 Å². The molecule has 0 unspecified atom stereocenters. The highest BCUT2D eigenvalue weighted by Crippen LogP contribution is 2.14. The lowest BCUT2D eigenvalue weighted by Gasteiger charge is -2.14. The van der Waals surface area contributed by atoms with Crippen molar-refractivity contribution in [1.29, 1.82) is 0 Å². The Hall–Kier alpha value is -1.80. The van der Waals surface area contributed by atoms with Gasteiger partial charge in [-0.3, -0.25) is 14.4 Å². The van der Waals surface area contributed by atoms with Gasteiger partial charge in [0, 0.05) is 0 Å². The molecule has 0 aromatic rings. The summed E-state index contributed by atoms with van der Waals surface area (Å²) < 4.78 is 35.2. The summed E-state index contributed by atoms with van der Waals surface area (Å²) >= 11 is 0. The summed E-state index contributed by atoms with van der Waals surface area (Å²) in [7, 11) is 0. The number of carbonyl (C=O) groups is 3. The average molecular weight is 242 g/mol. The Bertz CT molecular complexity index is 302. The van der Waals surface area contributed by atoms with Crippen molar-refractivity contribution in [3.63, 3.8) is 0 Å². The molecule has 2 amide bonds. The molecule has 0 spiro atoms. The van der Waals surface area contributed by atoms with Crippen LogP contribution in [-0.2, 0) is 14.4 Å². The molecule has 0 radical (unpaired) electrons. The van der Waals surface area contributed by atoms with Crippen LogP contribution in [0, 0.1) is 0 Å². The van der Waals surface area contributed by atoms with Gasteiger partial charge in [-0.25, -0.2) is 0 Å². The molecule has 0 saturated carbocycles. The Labute approximate surface area is 87.8 Å². The summed E-state index contributed by atoms with van der Waals surface area (Å²) in [5, 5.41) is 11.4. The molecule has 0 heterocycles. The molecule has 0 bridgehead atoms. The maximum Gasteiger partial charge on any atom is 0.471 e. The standard InChI is InChI=1S/C7H9F3N2O4/c1-3(5(15)11-2-4(13)14)12-6(16)7(8,9)10/h3H,2H2,1H3,(H,11,15)(H,12,16)(H,13,14)/t3-/m0/s1. The predicted molar refractivity (Wildman–Crippen MR) is 44.3 cm³/mol. The van der Waals surface area contributed by atoms with Crippen LogP contribution in [0.25, 0.3) is 0 Å². The van der Waals surface area contributed by atoms with Crippen LogP contribution in [-0.4, -0.2) is 41.7 Å². The van der Waals surface area contributed by atoms with Crippen LogP contribution < -0.4 is 10.6 Å². The van der Waals surface area contributed by atoms with E-state index in [2.05, 4.69) is 0 Å². The van der Waals surface area contributed by atoms with E-state index in [4.69, 9.17) is 5.11 Å². The van der Waals surface area contributed by atoms with Gasteiger partial charge in [0.15, 0.2) is 0 Å². The van der Waals surface area contributed by atoms with Crippen molar-refractivity contribution in [2.75, 3.05) is 6.54 Å². The number of aliphatic carboxylic acids is 1. The second-order valence-corrected chi connectivity index (χ2v) is 2.80. The van der Waals surface area contributed by atoms with E-state index >= 15 is 0 Å². The first-order valence-corrected chi connectivity index (χ1v) is 4.01. The molecule has 0 saturated heterocycles. The van der Waals surface area contributed by atoms with E-state index in [1.165, 1.54) is 5.32 Å². The third-order valence-electron chi connectivity index (χ3n) is 1.41. The highest BCUT2D eigenvalue weighted by Gasteiger charge is 2.39. The zero-order valence-electron chi connectivity index (χ0n) is 8.09. The fourth-order valence-corrected chi connectivity index (χ4v) is 0.660. The second-order valence-electron chi connectivity index (χ2n) is 2.80. The van der Waals surface area contributed by atoms with Crippen molar-refractivity contribution >= 4 is 17.8 Å². The topological polar surface area (TPSA) is 95.5 Å². The molecular weight excluding hydrogens is 233 g/mol. The lowest BCUT2D eigenvalue weighted by atomic mass is 10.3. The molecule has 0 aliphatic heterocycles. The van der Waals surface area contributed by atoms with Crippen LogP contribution in [0.1, 0.15) is 6.92 Å². The van der Waals surface area contributed by atoms with Gasteiger partial charge in [0.25, 0.3) is 0 Å². The van der Waals surface area contributed by atoms with Crippen molar-refractivity contribution in [3.8, 4) is 0 Å². The lowest BCUT2D eigenvalue weighted by molar-refractivity contribution is -0.174. The van der Waals surface area contributed by atoms with Gasteiger partial charge in [0.1, 0.15) is 12.6 Å². The average Bonchev–Trinajstić information content (AvgIpc) is 2.12. The van der Waals surface area contributed by atoms with Gasteiger partial charge in [-0.2, -0.15) is 13.2 Å². The van der Waals surface area contributed by atoms with Gasteiger partial charge in [0.05, 0.1) is 0 Å². The number of amides is 2. The lowest BCUT2D eigenvalue weighted by Crippen LogP contribution is -2.49. The van der Waals surface area contributed by atoms with E-state index < -0.39 is 36.5 Å². The Balaban J connectivity index is 4.16. The maximum absolute atomic E-state index is 11.7. The summed E-state index contributed by atoms with van der Waals surface area (Å²) in [4.78, 5) is 31.4. The number of alkyl halides is 3. The Morgan fingerprint density at radius 2 is 1.81 bits per heavy atom. The quantitative estimate of drug-likeness (QED) is 0.604. The molecule has 1 atom stereocenters. The number of carboxylic acids is 1. The van der Waals surface area contributed by atoms with Crippen molar-refractivity contribution in [2.45, 2.75) is 19.1 Å². The molecule has 0 aliphatic carbocycles. The van der Waals surface area contributed by atoms with Crippen LogP contribution in [0.2, 0.25) is 0 Å². The van der Waals surface area contributed by atoms with Crippen molar-refractivity contribution in [3.05, 3.63) is 0 Å². The number of halogens is 3. The van der Waals surface area contributed by atoms with E-state index in [0.717, 1.165) is 6.92 Å². The molecule has 9 heteroatoms. The van der Waals surface area contributed by atoms with E-state index in [9.17, 15) is 27.6 Å². The van der Waals surface area contributed by atoms with Crippen molar-refractivity contribution in [2.24, 2.45) is 0 Å². The molecular formula is C7H9F3N2O4. The molecule has 16 heavy (non-hydrogen) atoms. The van der Waals surface area contributed by atoms with E-state index in [0.29, 0.717) is 0 Å². The van der Waals surface area contributed by atoms with Gasteiger partial charge >= 0.3 is 18.1 Å². The fraction of sp³-hybridized carbons (Fsp3) is 0.571. The third kappa shape index (κ3) is 5.17. The van der Waals surface area contributed by atoms with E-state index in [1.807, 2.05) is 5.32 Å². The van der Waals surface area contributed by atoms with Crippen LogP contribution >= 0.6 is 0 Å². The van der Waals surface area contributed by atoms with Gasteiger partial charge in [-0.05, 0) is 6.92 Å². The number of nitrogens with one attached hydrogen (secondary N) is 2. The van der Waals surface area contributed by atoms with Crippen LogP contribution in [0.4, 0.5) is 13.2 Å². The van der Waals surface area contributed by atoms with E-state index in [-0.39, 0.29) is 0 Å². The second kappa shape index (κ2) is 5.33. The minimum Gasteiger partial charge on any atom is -0.480 e. The van der Waals surface area contributed by atoms with Crippen molar-refractivity contribution < 1.29 is 32.7 Å². The Kier molecular flexibility index (Phi) is 4.73. The SMILES string of the molecule is C[C@H](NC(=O)C(F)(F)F)C(=O)NCC(=O)O. The zero-order chi connectivity index (χ0) is 12.9. The first-order valence-electron chi connectivity index (χ1n) is 4.01. The number of rotatable bonds is 4. The van der Waals surface area contributed by atoms with Crippen LogP contribution in [0.5, 0.6) is 0 Å². The Morgan fingerprint density at radius 1 is 1.31 bits per heavy atom. The first-order chi connectivity index (χ1) is 7.14. The minimum absolute atomic E-state index is 0.731. The summed E-state index contributed by atoms with van der Waals surface area (Å²) in [6.45, 7) is 0.270. The first kappa shape index (κ1) is 14.2. The molecule has 0 fully saturated rings. The van der Waals surface area contributed by atoms with Gasteiger partial charge in [0.2, 0.25) is 5.91 Å². The predicted octanol–water partition coefficient (Wildman–Crippen LogP) is -0.746. The molecule has 0 rings (SSSR count). The molecule has 0 aromatic carbocycles. The third-order valence-corrected chi connectivity index (χ3v) is 1.41. The molecule has 0 aliphatic rings. The summed E-state index contributed by atoms with van der Waals surface area (Å²) in [5.74, 6) is -4.62. The molecule has 6 nitrogen and oxygen atoms in total. The van der Waals surface area contributed by atoms with Gasteiger partial charge < -0.3 is 15.7 Å². The summed E-state index contributed by atoms with van der Waals surface area (Å²) in [6.07, 6.45) is -5.08. The summed E-state index contributed by atoms with van der Waals surface area (Å²) in [6, 6.07) is -1.46. The number of carbonyl (C=O) groups excluding carboxylic acids is 2. The molecule has 3 N–H and O–H groups in total. The Morgan fingerprint density at radius 3 is 2.19 bits per heavy atom. The number of hydrogen-bond acceptors (Lipinski definition) is 3. The number of carboxylic acid groups (broad SMARTS) is 1. The monoisotopic (exact) mass is 242 g/mol. The fourth-order valence-electron chi connectivity index (χ4n) is 0.660. The van der Waals surface area contributed by atoms with Crippen LogP contribution in [0.15, 0.2) is 0 Å². The van der Waals surface area contributed by atoms with E-state index in [1.54, 1.807) is 0 Å². The normalized spacial score (nSPS) is 12.8. The highest BCUT2D eigenvalue weighted by atomic mass is 19.4. The smallest absolute Gasteiger partial charge is 0.471 e. The largest absolute Gasteiger partial charge is 0.480 e. The highest BCUT2D eigenvalue weighted by molar-refractivity contribution is 5.90.